The van der Waals surface area contributed by atoms with Crippen LogP contribution in [0.5, 0.6) is 0 Å². The van der Waals surface area contributed by atoms with Crippen molar-refractivity contribution in [2.45, 2.75) is 6.92 Å². The summed E-state index contributed by atoms with van der Waals surface area (Å²) in [4.78, 5) is 20.6. The number of aryl methyl sites for hydroxylation is 1. The third-order valence-corrected chi connectivity index (χ3v) is 4.62. The number of benzene rings is 1. The maximum absolute atomic E-state index is 12.3. The first-order chi connectivity index (χ1) is 10.0. The second kappa shape index (κ2) is 5.42. The van der Waals surface area contributed by atoms with Gasteiger partial charge in [0, 0.05) is 5.56 Å². The average molecular weight is 363 g/mol. The van der Waals surface area contributed by atoms with E-state index in [1.807, 2.05) is 13.0 Å². The molecule has 1 aromatic carbocycles. The standard InChI is InChI=1S/C14H11BrN4OS/c1-7-4-9(6-17-12(7)15)18-13(20)8-2-3-10-11(5-8)21-14(16)19-10/h2-6H,1H3,(H2,16,19)(H,18,20). The molecule has 0 bridgehead atoms. The Morgan fingerprint density at radius 1 is 1.38 bits per heavy atom. The van der Waals surface area contributed by atoms with Crippen LogP contribution >= 0.6 is 27.3 Å². The minimum atomic E-state index is -0.188. The molecule has 0 atom stereocenters. The van der Waals surface area contributed by atoms with E-state index in [4.69, 9.17) is 5.73 Å². The second-order valence-corrected chi connectivity index (χ2v) is 6.33. The molecular weight excluding hydrogens is 352 g/mol. The summed E-state index contributed by atoms with van der Waals surface area (Å²) in [6.07, 6.45) is 1.61. The van der Waals surface area contributed by atoms with Gasteiger partial charge in [0.2, 0.25) is 0 Å². The molecule has 0 aliphatic carbocycles. The van der Waals surface area contributed by atoms with Gasteiger partial charge in [0.1, 0.15) is 4.60 Å². The third-order valence-electron chi connectivity index (χ3n) is 2.94. The van der Waals surface area contributed by atoms with Crippen molar-refractivity contribution in [1.29, 1.82) is 0 Å². The number of pyridine rings is 1. The van der Waals surface area contributed by atoms with Gasteiger partial charge in [-0.3, -0.25) is 4.79 Å². The third kappa shape index (κ3) is 2.88. The number of nitrogens with zero attached hydrogens (tertiary/aromatic N) is 2. The van der Waals surface area contributed by atoms with Crippen LogP contribution in [0.15, 0.2) is 35.1 Å². The number of hydrogen-bond donors (Lipinski definition) is 2. The van der Waals surface area contributed by atoms with Gasteiger partial charge >= 0.3 is 0 Å². The van der Waals surface area contributed by atoms with Crippen molar-refractivity contribution in [3.8, 4) is 0 Å². The molecule has 0 aliphatic heterocycles. The van der Waals surface area contributed by atoms with Crippen molar-refractivity contribution >= 4 is 54.2 Å². The maximum atomic E-state index is 12.3. The van der Waals surface area contributed by atoms with Gasteiger partial charge in [0.05, 0.1) is 22.1 Å². The van der Waals surface area contributed by atoms with Gasteiger partial charge in [-0.1, -0.05) is 11.3 Å². The molecule has 106 valence electrons. The number of thiazole rings is 1. The number of carbonyl (C=O) groups excluding carboxylic acids is 1. The molecule has 0 saturated carbocycles. The molecule has 3 aromatic rings. The van der Waals surface area contributed by atoms with Gasteiger partial charge < -0.3 is 11.1 Å². The van der Waals surface area contributed by atoms with Crippen molar-refractivity contribution in [2.75, 3.05) is 11.1 Å². The highest BCUT2D eigenvalue weighted by Crippen LogP contribution is 2.25. The van der Waals surface area contributed by atoms with E-state index in [2.05, 4.69) is 31.2 Å². The molecule has 3 rings (SSSR count). The lowest BCUT2D eigenvalue weighted by Crippen LogP contribution is -2.12. The highest BCUT2D eigenvalue weighted by Gasteiger charge is 2.10. The first-order valence-electron chi connectivity index (χ1n) is 6.12. The highest BCUT2D eigenvalue weighted by atomic mass is 79.9. The topological polar surface area (TPSA) is 80.9 Å². The molecule has 2 heterocycles. The fourth-order valence-corrected chi connectivity index (χ4v) is 2.90. The molecule has 21 heavy (non-hydrogen) atoms. The number of carbonyl (C=O) groups is 1. The van der Waals surface area contributed by atoms with Gasteiger partial charge in [0.15, 0.2) is 5.13 Å². The number of halogens is 1. The molecule has 5 nitrogen and oxygen atoms in total. The summed E-state index contributed by atoms with van der Waals surface area (Å²) < 4.78 is 1.66. The number of fused-ring (bicyclic) bond motifs is 1. The van der Waals surface area contributed by atoms with Crippen LogP contribution in [0.2, 0.25) is 0 Å². The zero-order chi connectivity index (χ0) is 15.0. The summed E-state index contributed by atoms with van der Waals surface area (Å²) in [5.74, 6) is -0.188. The fraction of sp³-hybridized carbons (Fsp3) is 0.0714. The Morgan fingerprint density at radius 2 is 2.19 bits per heavy atom. The smallest absolute Gasteiger partial charge is 0.255 e. The summed E-state index contributed by atoms with van der Waals surface area (Å²) in [5.41, 5.74) is 8.64. The van der Waals surface area contributed by atoms with Crippen LogP contribution in [0.25, 0.3) is 10.2 Å². The number of hydrogen-bond acceptors (Lipinski definition) is 5. The van der Waals surface area contributed by atoms with E-state index in [-0.39, 0.29) is 5.91 Å². The van der Waals surface area contributed by atoms with Crippen molar-refractivity contribution in [2.24, 2.45) is 0 Å². The zero-order valence-corrected chi connectivity index (χ0v) is 13.5. The predicted molar refractivity (Wildman–Crippen MR) is 88.7 cm³/mol. The van der Waals surface area contributed by atoms with Gasteiger partial charge in [-0.25, -0.2) is 9.97 Å². The number of anilines is 2. The Labute approximate surface area is 133 Å². The molecule has 7 heteroatoms. The van der Waals surface area contributed by atoms with Crippen molar-refractivity contribution in [3.63, 3.8) is 0 Å². The molecule has 0 fully saturated rings. The fourth-order valence-electron chi connectivity index (χ4n) is 1.91. The van der Waals surface area contributed by atoms with Gasteiger partial charge in [-0.15, -0.1) is 0 Å². The van der Waals surface area contributed by atoms with E-state index < -0.39 is 0 Å². The number of amides is 1. The Balaban J connectivity index is 1.87. The van der Waals surface area contributed by atoms with Gasteiger partial charge in [0.25, 0.3) is 5.91 Å². The van der Waals surface area contributed by atoms with Gasteiger partial charge in [-0.05, 0) is 52.7 Å². The number of nitrogen functional groups attached to an aromatic ring is 1. The van der Waals surface area contributed by atoms with E-state index in [0.29, 0.717) is 16.4 Å². The predicted octanol–water partition coefficient (Wildman–Crippen LogP) is 3.60. The Kier molecular flexibility index (Phi) is 3.60. The largest absolute Gasteiger partial charge is 0.375 e. The van der Waals surface area contributed by atoms with Crippen LogP contribution < -0.4 is 11.1 Å². The van der Waals surface area contributed by atoms with Crippen LogP contribution in [0.3, 0.4) is 0 Å². The first kappa shape index (κ1) is 14.0. The SMILES string of the molecule is Cc1cc(NC(=O)c2ccc3nc(N)sc3c2)cnc1Br. The maximum Gasteiger partial charge on any atom is 0.255 e. The Morgan fingerprint density at radius 3 is 2.95 bits per heavy atom. The molecule has 1 amide bonds. The summed E-state index contributed by atoms with van der Waals surface area (Å²) >= 11 is 4.69. The first-order valence-corrected chi connectivity index (χ1v) is 7.73. The molecule has 0 unspecified atom stereocenters. The van der Waals surface area contributed by atoms with Crippen LogP contribution in [-0.2, 0) is 0 Å². The van der Waals surface area contributed by atoms with E-state index in [0.717, 1.165) is 20.4 Å². The zero-order valence-electron chi connectivity index (χ0n) is 11.1. The van der Waals surface area contributed by atoms with Crippen molar-refractivity contribution in [1.82, 2.24) is 9.97 Å². The summed E-state index contributed by atoms with van der Waals surface area (Å²) in [6, 6.07) is 7.17. The molecule has 0 spiro atoms. The Hall–Kier alpha value is -1.99. The second-order valence-electron chi connectivity index (χ2n) is 4.52. The van der Waals surface area contributed by atoms with Crippen LogP contribution in [0.4, 0.5) is 10.8 Å². The quantitative estimate of drug-likeness (QED) is 0.682. The molecule has 2 aromatic heterocycles. The monoisotopic (exact) mass is 362 g/mol. The number of nitrogens with two attached hydrogens (primary N) is 1. The molecule has 0 radical (unpaired) electrons. The van der Waals surface area contributed by atoms with Crippen molar-refractivity contribution < 1.29 is 4.79 Å². The molecule has 3 N–H and O–H groups in total. The van der Waals surface area contributed by atoms with E-state index in [1.165, 1.54) is 11.3 Å². The van der Waals surface area contributed by atoms with Gasteiger partial charge in [-0.2, -0.15) is 0 Å². The number of rotatable bonds is 2. The normalized spacial score (nSPS) is 10.8. The summed E-state index contributed by atoms with van der Waals surface area (Å²) in [7, 11) is 0. The van der Waals surface area contributed by atoms with Crippen molar-refractivity contribution in [3.05, 3.63) is 46.2 Å². The minimum absolute atomic E-state index is 0.188. The Bertz CT molecular complexity index is 846. The number of nitrogens with one attached hydrogen (secondary N) is 1. The average Bonchev–Trinajstić information content (AvgIpc) is 2.82. The summed E-state index contributed by atoms with van der Waals surface area (Å²) in [6.45, 7) is 1.92. The molecule has 0 aliphatic rings. The highest BCUT2D eigenvalue weighted by molar-refractivity contribution is 9.10. The van der Waals surface area contributed by atoms with E-state index >= 15 is 0 Å². The lowest BCUT2D eigenvalue weighted by atomic mass is 10.2. The number of aromatic nitrogens is 2. The minimum Gasteiger partial charge on any atom is -0.375 e. The van der Waals surface area contributed by atoms with Crippen LogP contribution in [0.1, 0.15) is 15.9 Å². The lowest BCUT2D eigenvalue weighted by molar-refractivity contribution is 0.102. The lowest BCUT2D eigenvalue weighted by Gasteiger charge is -2.06. The van der Waals surface area contributed by atoms with E-state index in [1.54, 1.807) is 24.4 Å². The molecular formula is C14H11BrN4OS. The van der Waals surface area contributed by atoms with E-state index in [9.17, 15) is 4.79 Å². The van der Waals surface area contributed by atoms with Crippen LogP contribution in [-0.4, -0.2) is 15.9 Å². The summed E-state index contributed by atoms with van der Waals surface area (Å²) in [5, 5.41) is 3.32. The van der Waals surface area contributed by atoms with Crippen LogP contribution in [0, 0.1) is 6.92 Å². The molecule has 0 saturated heterocycles.